The second-order valence-corrected chi connectivity index (χ2v) is 6.09. The molecule has 1 aromatic rings. The Balaban J connectivity index is 1.65. The van der Waals surface area contributed by atoms with Gasteiger partial charge in [0, 0.05) is 32.1 Å². The van der Waals surface area contributed by atoms with E-state index >= 15 is 0 Å². The Morgan fingerprint density at radius 2 is 2.19 bits per heavy atom. The zero-order valence-electron chi connectivity index (χ0n) is 11.9. The van der Waals surface area contributed by atoms with E-state index < -0.39 is 17.7 Å². The molecule has 0 radical (unpaired) electrons. The summed E-state index contributed by atoms with van der Waals surface area (Å²) in [7, 11) is 0. The Morgan fingerprint density at radius 3 is 2.90 bits per heavy atom. The van der Waals surface area contributed by atoms with Crippen molar-refractivity contribution in [2.75, 3.05) is 19.8 Å². The van der Waals surface area contributed by atoms with Gasteiger partial charge in [0.1, 0.15) is 11.6 Å². The van der Waals surface area contributed by atoms with Gasteiger partial charge in [-0.25, -0.2) is 8.78 Å². The molecule has 0 saturated carbocycles. The van der Waals surface area contributed by atoms with Crippen molar-refractivity contribution in [1.29, 1.82) is 0 Å². The zero-order valence-corrected chi connectivity index (χ0v) is 11.9. The van der Waals surface area contributed by atoms with Gasteiger partial charge in [-0.05, 0) is 30.4 Å². The molecule has 2 aliphatic rings. The average molecular weight is 298 g/mol. The van der Waals surface area contributed by atoms with Crippen molar-refractivity contribution < 1.29 is 23.4 Å². The van der Waals surface area contributed by atoms with Crippen LogP contribution in [-0.2, 0) is 15.9 Å². The van der Waals surface area contributed by atoms with E-state index in [9.17, 15) is 13.9 Å². The molecule has 3 atom stereocenters. The second-order valence-electron chi connectivity index (χ2n) is 6.09. The summed E-state index contributed by atoms with van der Waals surface area (Å²) in [6, 6.07) is 3.49. The normalized spacial score (nSPS) is 30.7. The molecule has 3 unspecified atom stereocenters. The van der Waals surface area contributed by atoms with Crippen molar-refractivity contribution in [1.82, 2.24) is 0 Å². The Kier molecular flexibility index (Phi) is 4.24. The summed E-state index contributed by atoms with van der Waals surface area (Å²) in [6.45, 7) is 1.85. The first-order valence-corrected chi connectivity index (χ1v) is 7.42. The van der Waals surface area contributed by atoms with Crippen LogP contribution in [-0.4, -0.2) is 36.6 Å². The van der Waals surface area contributed by atoms with Gasteiger partial charge in [0.15, 0.2) is 0 Å². The van der Waals surface area contributed by atoms with E-state index in [1.165, 1.54) is 12.1 Å². The van der Waals surface area contributed by atoms with E-state index in [-0.39, 0.29) is 17.9 Å². The molecule has 3 nitrogen and oxygen atoms in total. The highest BCUT2D eigenvalue weighted by atomic mass is 19.1. The molecule has 21 heavy (non-hydrogen) atoms. The molecule has 3 rings (SSSR count). The van der Waals surface area contributed by atoms with Crippen LogP contribution < -0.4 is 0 Å². The van der Waals surface area contributed by atoms with Gasteiger partial charge in [0.25, 0.3) is 0 Å². The van der Waals surface area contributed by atoms with Gasteiger partial charge in [-0.3, -0.25) is 0 Å². The summed E-state index contributed by atoms with van der Waals surface area (Å²) < 4.78 is 37.8. The van der Waals surface area contributed by atoms with E-state index in [1.807, 2.05) is 0 Å². The predicted octanol–water partition coefficient (Wildman–Crippen LogP) is 2.45. The van der Waals surface area contributed by atoms with Gasteiger partial charge < -0.3 is 14.6 Å². The summed E-state index contributed by atoms with van der Waals surface area (Å²) in [5, 5.41) is 10.4. The Bertz CT molecular complexity index is 500. The molecule has 1 N–H and O–H groups in total. The van der Waals surface area contributed by atoms with Crippen molar-refractivity contribution in [3.8, 4) is 0 Å². The highest BCUT2D eigenvalue weighted by Gasteiger charge is 2.42. The van der Waals surface area contributed by atoms with E-state index in [1.54, 1.807) is 0 Å². The van der Waals surface area contributed by atoms with Crippen molar-refractivity contribution in [2.45, 2.75) is 37.4 Å². The maximum absolute atomic E-state index is 13.7. The van der Waals surface area contributed by atoms with Crippen molar-refractivity contribution >= 4 is 0 Å². The lowest BCUT2D eigenvalue weighted by Gasteiger charge is -2.39. The third-order valence-electron chi connectivity index (χ3n) is 4.59. The predicted molar refractivity (Wildman–Crippen MR) is 72.9 cm³/mol. The molecule has 2 fully saturated rings. The summed E-state index contributed by atoms with van der Waals surface area (Å²) in [4.78, 5) is 0. The number of benzene rings is 1. The van der Waals surface area contributed by atoms with Gasteiger partial charge in [0.2, 0.25) is 0 Å². The molecular formula is C16H20F2O3. The van der Waals surface area contributed by atoms with E-state index in [0.717, 1.165) is 25.3 Å². The number of ether oxygens (including phenoxy) is 2. The fraction of sp³-hybridized carbons (Fsp3) is 0.625. The van der Waals surface area contributed by atoms with Gasteiger partial charge in [0.05, 0.1) is 18.3 Å². The minimum atomic E-state index is -0.647. The minimum absolute atomic E-state index is 0.0601. The van der Waals surface area contributed by atoms with Crippen LogP contribution >= 0.6 is 0 Å². The highest BCUT2D eigenvalue weighted by molar-refractivity contribution is 5.19. The molecule has 0 bridgehead atoms. The summed E-state index contributed by atoms with van der Waals surface area (Å²) in [5.41, 5.74) is 0.0812. The van der Waals surface area contributed by atoms with Gasteiger partial charge in [-0.1, -0.05) is 6.07 Å². The van der Waals surface area contributed by atoms with Crippen molar-refractivity contribution in [2.24, 2.45) is 5.92 Å². The molecule has 0 aliphatic carbocycles. The van der Waals surface area contributed by atoms with Crippen LogP contribution in [0.3, 0.4) is 0 Å². The third-order valence-corrected chi connectivity index (χ3v) is 4.59. The molecule has 1 aromatic carbocycles. The SMILES string of the molecule is OC(Cc1ccc(F)cc1F)C1CCOC2(CCOC2)C1. The van der Waals surface area contributed by atoms with Crippen LogP contribution in [0, 0.1) is 17.6 Å². The van der Waals surface area contributed by atoms with E-state index in [2.05, 4.69) is 0 Å². The van der Waals surface area contributed by atoms with Gasteiger partial charge in [-0.2, -0.15) is 0 Å². The monoisotopic (exact) mass is 298 g/mol. The first-order chi connectivity index (χ1) is 10.1. The molecule has 0 aromatic heterocycles. The molecule has 0 amide bonds. The van der Waals surface area contributed by atoms with E-state index in [0.29, 0.717) is 25.4 Å². The number of rotatable bonds is 3. The van der Waals surface area contributed by atoms with Crippen molar-refractivity contribution in [3.05, 3.63) is 35.4 Å². The lowest BCUT2D eigenvalue weighted by Crippen LogP contribution is -2.44. The molecule has 2 saturated heterocycles. The maximum atomic E-state index is 13.7. The first kappa shape index (κ1) is 14.9. The average Bonchev–Trinajstić information content (AvgIpc) is 2.90. The highest BCUT2D eigenvalue weighted by Crippen LogP contribution is 2.37. The van der Waals surface area contributed by atoms with Crippen LogP contribution in [0.2, 0.25) is 0 Å². The largest absolute Gasteiger partial charge is 0.392 e. The Labute approximate surface area is 122 Å². The lowest BCUT2D eigenvalue weighted by molar-refractivity contribution is -0.116. The number of aliphatic hydroxyl groups excluding tert-OH is 1. The smallest absolute Gasteiger partial charge is 0.129 e. The van der Waals surface area contributed by atoms with Gasteiger partial charge >= 0.3 is 0 Å². The zero-order chi connectivity index (χ0) is 14.9. The number of hydrogen-bond acceptors (Lipinski definition) is 3. The minimum Gasteiger partial charge on any atom is -0.392 e. The molecule has 2 heterocycles. The standard InChI is InChI=1S/C16H20F2O3/c17-13-2-1-11(14(18)8-13)7-15(19)12-3-5-21-16(9-12)4-6-20-10-16/h1-2,8,12,15,19H,3-7,9-10H2. The number of aliphatic hydroxyl groups is 1. The quantitative estimate of drug-likeness (QED) is 0.931. The number of hydrogen-bond donors (Lipinski definition) is 1. The van der Waals surface area contributed by atoms with Crippen LogP contribution in [0.4, 0.5) is 8.78 Å². The first-order valence-electron chi connectivity index (χ1n) is 7.42. The van der Waals surface area contributed by atoms with Crippen LogP contribution in [0.5, 0.6) is 0 Å². The number of halogens is 2. The fourth-order valence-electron chi connectivity index (χ4n) is 3.34. The maximum Gasteiger partial charge on any atom is 0.129 e. The molecule has 5 heteroatoms. The Hall–Kier alpha value is -1.04. The molecular weight excluding hydrogens is 278 g/mol. The Morgan fingerprint density at radius 1 is 1.33 bits per heavy atom. The topological polar surface area (TPSA) is 38.7 Å². The second kappa shape index (κ2) is 5.99. The van der Waals surface area contributed by atoms with Crippen LogP contribution in [0.1, 0.15) is 24.8 Å². The molecule has 2 aliphatic heterocycles. The molecule has 1 spiro atoms. The van der Waals surface area contributed by atoms with Crippen LogP contribution in [0.25, 0.3) is 0 Å². The van der Waals surface area contributed by atoms with E-state index in [4.69, 9.17) is 9.47 Å². The fourth-order valence-corrected chi connectivity index (χ4v) is 3.34. The van der Waals surface area contributed by atoms with Gasteiger partial charge in [-0.15, -0.1) is 0 Å². The summed E-state index contributed by atoms with van der Waals surface area (Å²) >= 11 is 0. The molecule has 116 valence electrons. The lowest BCUT2D eigenvalue weighted by atomic mass is 9.80. The third kappa shape index (κ3) is 3.25. The van der Waals surface area contributed by atoms with Crippen LogP contribution in [0.15, 0.2) is 18.2 Å². The van der Waals surface area contributed by atoms with Crippen molar-refractivity contribution in [3.63, 3.8) is 0 Å². The summed E-state index contributed by atoms with van der Waals surface area (Å²) in [6.07, 6.45) is 1.89. The summed E-state index contributed by atoms with van der Waals surface area (Å²) in [5.74, 6) is -1.14.